The van der Waals surface area contributed by atoms with Gasteiger partial charge < -0.3 is 10.4 Å². The standard InChI is InChI=1S/C11H20N2O4S/c14-7-9-1-3-13(5-9)6-11(15)12-10-2-4-18(16,17)8-10/h9-10,14H,1-8H2,(H,12,15). The number of likely N-dealkylation sites (tertiary alicyclic amines) is 1. The van der Waals surface area contributed by atoms with Crippen molar-refractivity contribution >= 4 is 15.7 Å². The normalized spacial score (nSPS) is 31.6. The van der Waals surface area contributed by atoms with Crippen LogP contribution in [0.4, 0.5) is 0 Å². The van der Waals surface area contributed by atoms with Crippen molar-refractivity contribution in [3.05, 3.63) is 0 Å². The third-order valence-electron chi connectivity index (χ3n) is 3.59. The lowest BCUT2D eigenvalue weighted by Crippen LogP contribution is -2.42. The summed E-state index contributed by atoms with van der Waals surface area (Å²) in [6.45, 7) is 2.03. The Morgan fingerprint density at radius 1 is 1.39 bits per heavy atom. The van der Waals surface area contributed by atoms with E-state index in [0.29, 0.717) is 13.0 Å². The zero-order valence-corrected chi connectivity index (χ0v) is 11.2. The molecule has 18 heavy (non-hydrogen) atoms. The van der Waals surface area contributed by atoms with Crippen molar-refractivity contribution < 1.29 is 18.3 Å². The number of carbonyl (C=O) groups excluding carboxylic acids is 1. The number of hydrogen-bond acceptors (Lipinski definition) is 5. The van der Waals surface area contributed by atoms with Crippen LogP contribution in [-0.4, -0.2) is 68.1 Å². The highest BCUT2D eigenvalue weighted by atomic mass is 32.2. The number of carbonyl (C=O) groups is 1. The highest BCUT2D eigenvalue weighted by Gasteiger charge is 2.30. The lowest BCUT2D eigenvalue weighted by molar-refractivity contribution is -0.122. The van der Waals surface area contributed by atoms with Crippen LogP contribution in [0.25, 0.3) is 0 Å². The summed E-state index contributed by atoms with van der Waals surface area (Å²) in [5.74, 6) is 0.395. The second-order valence-electron chi connectivity index (χ2n) is 5.24. The van der Waals surface area contributed by atoms with Crippen molar-refractivity contribution in [1.29, 1.82) is 0 Å². The number of nitrogens with zero attached hydrogens (tertiary/aromatic N) is 1. The van der Waals surface area contributed by atoms with Gasteiger partial charge in [-0.3, -0.25) is 9.69 Å². The van der Waals surface area contributed by atoms with Gasteiger partial charge in [0.2, 0.25) is 5.91 Å². The van der Waals surface area contributed by atoms with Gasteiger partial charge in [-0.2, -0.15) is 0 Å². The molecule has 2 unspecified atom stereocenters. The van der Waals surface area contributed by atoms with E-state index < -0.39 is 9.84 Å². The van der Waals surface area contributed by atoms with Gasteiger partial charge in [0, 0.05) is 19.2 Å². The molecule has 2 saturated heterocycles. The van der Waals surface area contributed by atoms with Gasteiger partial charge in [-0.05, 0) is 25.3 Å². The molecule has 7 heteroatoms. The monoisotopic (exact) mass is 276 g/mol. The molecule has 0 bridgehead atoms. The zero-order chi connectivity index (χ0) is 13.2. The number of amides is 1. The predicted octanol–water partition coefficient (Wildman–Crippen LogP) is -1.40. The molecule has 2 heterocycles. The quantitative estimate of drug-likeness (QED) is 0.660. The van der Waals surface area contributed by atoms with Gasteiger partial charge in [0.25, 0.3) is 0 Å². The summed E-state index contributed by atoms with van der Waals surface area (Å²) in [7, 11) is -2.94. The van der Waals surface area contributed by atoms with E-state index in [2.05, 4.69) is 5.32 Å². The van der Waals surface area contributed by atoms with Crippen LogP contribution in [0.5, 0.6) is 0 Å². The number of aliphatic hydroxyl groups is 1. The summed E-state index contributed by atoms with van der Waals surface area (Å²) >= 11 is 0. The largest absolute Gasteiger partial charge is 0.396 e. The minimum atomic E-state index is -2.94. The molecule has 104 valence electrons. The summed E-state index contributed by atoms with van der Waals surface area (Å²) in [6.07, 6.45) is 1.44. The van der Waals surface area contributed by atoms with Crippen LogP contribution < -0.4 is 5.32 Å². The topological polar surface area (TPSA) is 86.7 Å². The van der Waals surface area contributed by atoms with Gasteiger partial charge in [0.05, 0.1) is 18.1 Å². The Morgan fingerprint density at radius 2 is 2.17 bits per heavy atom. The first-order valence-electron chi connectivity index (χ1n) is 6.31. The van der Waals surface area contributed by atoms with Crippen LogP contribution in [0, 0.1) is 5.92 Å². The fourth-order valence-electron chi connectivity index (χ4n) is 2.59. The fourth-order valence-corrected chi connectivity index (χ4v) is 4.26. The maximum atomic E-state index is 11.8. The number of nitrogens with one attached hydrogen (secondary N) is 1. The van der Waals surface area contributed by atoms with E-state index in [1.807, 2.05) is 4.90 Å². The minimum Gasteiger partial charge on any atom is -0.396 e. The summed E-state index contributed by atoms with van der Waals surface area (Å²) in [6, 6.07) is -0.223. The van der Waals surface area contributed by atoms with Gasteiger partial charge in [-0.15, -0.1) is 0 Å². The Labute approximate surface area is 107 Å². The molecule has 2 atom stereocenters. The van der Waals surface area contributed by atoms with Crippen molar-refractivity contribution in [2.24, 2.45) is 5.92 Å². The molecule has 2 aliphatic rings. The van der Waals surface area contributed by atoms with Crippen LogP contribution in [0.15, 0.2) is 0 Å². The Hall–Kier alpha value is -0.660. The molecule has 0 saturated carbocycles. The molecule has 0 radical (unpaired) electrons. The summed E-state index contributed by atoms with van der Waals surface area (Å²) in [4.78, 5) is 13.8. The van der Waals surface area contributed by atoms with E-state index in [4.69, 9.17) is 5.11 Å². The van der Waals surface area contributed by atoms with E-state index in [0.717, 1.165) is 19.5 Å². The molecule has 2 fully saturated rings. The van der Waals surface area contributed by atoms with Gasteiger partial charge in [0.1, 0.15) is 0 Å². The van der Waals surface area contributed by atoms with Gasteiger partial charge >= 0.3 is 0 Å². The van der Waals surface area contributed by atoms with E-state index in [-0.39, 0.29) is 36.0 Å². The predicted molar refractivity (Wildman–Crippen MR) is 66.8 cm³/mol. The van der Waals surface area contributed by atoms with Crippen molar-refractivity contribution in [1.82, 2.24) is 10.2 Å². The van der Waals surface area contributed by atoms with Crippen LogP contribution in [0.1, 0.15) is 12.8 Å². The van der Waals surface area contributed by atoms with Crippen LogP contribution >= 0.6 is 0 Å². The number of aliphatic hydroxyl groups excluding tert-OH is 1. The van der Waals surface area contributed by atoms with Crippen molar-refractivity contribution in [2.75, 3.05) is 37.7 Å². The van der Waals surface area contributed by atoms with Crippen molar-refractivity contribution in [3.8, 4) is 0 Å². The number of rotatable bonds is 4. The van der Waals surface area contributed by atoms with Crippen molar-refractivity contribution in [3.63, 3.8) is 0 Å². The molecule has 0 aromatic carbocycles. The SMILES string of the molecule is O=C(CN1CCC(CO)C1)NC1CCS(=O)(=O)C1. The third kappa shape index (κ3) is 3.66. The maximum absolute atomic E-state index is 11.8. The second kappa shape index (κ2) is 5.54. The van der Waals surface area contributed by atoms with E-state index in [1.54, 1.807) is 0 Å². The highest BCUT2D eigenvalue weighted by molar-refractivity contribution is 7.91. The molecule has 0 aromatic rings. The average molecular weight is 276 g/mol. The van der Waals surface area contributed by atoms with E-state index >= 15 is 0 Å². The minimum absolute atomic E-state index is 0.0675. The second-order valence-corrected chi connectivity index (χ2v) is 7.47. The molecule has 0 spiro atoms. The Balaban J connectivity index is 1.73. The zero-order valence-electron chi connectivity index (χ0n) is 10.3. The summed E-state index contributed by atoms with van der Waals surface area (Å²) in [5, 5.41) is 11.8. The summed E-state index contributed by atoms with van der Waals surface area (Å²) in [5.41, 5.74) is 0. The molecule has 2 rings (SSSR count). The van der Waals surface area contributed by atoms with Gasteiger partial charge in [-0.1, -0.05) is 0 Å². The van der Waals surface area contributed by atoms with E-state index in [9.17, 15) is 13.2 Å². The first kappa shape index (κ1) is 13.8. The van der Waals surface area contributed by atoms with Crippen LogP contribution in [0.2, 0.25) is 0 Å². The highest BCUT2D eigenvalue weighted by Crippen LogP contribution is 2.15. The third-order valence-corrected chi connectivity index (χ3v) is 5.36. The van der Waals surface area contributed by atoms with E-state index in [1.165, 1.54) is 0 Å². The van der Waals surface area contributed by atoms with Gasteiger partial charge in [0.15, 0.2) is 9.84 Å². The lowest BCUT2D eigenvalue weighted by Gasteiger charge is -2.17. The molecule has 1 amide bonds. The molecule has 2 N–H and O–H groups in total. The molecule has 0 aromatic heterocycles. The molecule has 0 aliphatic carbocycles. The average Bonchev–Trinajstić information content (AvgIpc) is 2.85. The van der Waals surface area contributed by atoms with Crippen LogP contribution in [-0.2, 0) is 14.6 Å². The fraction of sp³-hybridized carbons (Fsp3) is 0.909. The lowest BCUT2D eigenvalue weighted by atomic mass is 10.1. The molecular weight excluding hydrogens is 256 g/mol. The smallest absolute Gasteiger partial charge is 0.234 e. The first-order chi connectivity index (χ1) is 8.48. The Kier molecular flexibility index (Phi) is 4.24. The molecule has 6 nitrogen and oxygen atoms in total. The van der Waals surface area contributed by atoms with Crippen LogP contribution in [0.3, 0.4) is 0 Å². The first-order valence-corrected chi connectivity index (χ1v) is 8.13. The number of sulfone groups is 1. The molecular formula is C11H20N2O4S. The number of hydrogen-bond donors (Lipinski definition) is 2. The molecule has 2 aliphatic heterocycles. The Bertz CT molecular complexity index is 409. The Morgan fingerprint density at radius 3 is 2.72 bits per heavy atom. The van der Waals surface area contributed by atoms with Crippen molar-refractivity contribution in [2.45, 2.75) is 18.9 Å². The van der Waals surface area contributed by atoms with Gasteiger partial charge in [-0.25, -0.2) is 8.42 Å². The summed E-state index contributed by atoms with van der Waals surface area (Å²) < 4.78 is 22.5. The maximum Gasteiger partial charge on any atom is 0.234 e.